The lowest BCUT2D eigenvalue weighted by molar-refractivity contribution is -0.163. The van der Waals surface area contributed by atoms with Crippen molar-refractivity contribution in [1.29, 1.82) is 0 Å². The quantitative estimate of drug-likeness (QED) is 0.591. The molecule has 32 heavy (non-hydrogen) atoms. The number of likely N-dealkylation sites (tertiary alicyclic amines) is 1. The SMILES string of the molecule is C[C@@H](O)[C@H]1C(=O)N2C(C(=O)O)=C(SC3CN(c4nc(C(=O)N5CCCC5)cs4)C3)[C@H](C)[C@H]12. The zero-order chi connectivity index (χ0) is 22.7. The normalized spacial score (nSPS) is 28.7. The van der Waals surface area contributed by atoms with E-state index in [4.69, 9.17) is 0 Å². The van der Waals surface area contributed by atoms with Crippen LogP contribution in [-0.2, 0) is 9.59 Å². The van der Waals surface area contributed by atoms with Crippen LogP contribution in [0.4, 0.5) is 5.13 Å². The molecule has 1 aromatic rings. The third-order valence-corrected chi connectivity index (χ3v) is 9.18. The molecule has 5 heterocycles. The van der Waals surface area contributed by atoms with Gasteiger partial charge < -0.3 is 24.9 Å². The Labute approximate surface area is 194 Å². The van der Waals surface area contributed by atoms with Crippen LogP contribution in [0.1, 0.15) is 37.2 Å². The number of hydrogen-bond acceptors (Lipinski definition) is 8. The summed E-state index contributed by atoms with van der Waals surface area (Å²) in [6.45, 7) is 6.52. The molecule has 0 spiro atoms. The number of nitrogens with zero attached hydrogens (tertiary/aromatic N) is 4. The standard InChI is InChI=1S/C21H26N4O5S2/c1-10-15-14(11(2)26)19(28)25(15)16(20(29)30)17(10)32-12-7-24(8-12)21-22-13(9-31-21)18(27)23-5-3-4-6-23/h9-12,14-15,26H,3-8H2,1-2H3,(H,29,30)/t10-,11-,14-,15-/m1/s1. The van der Waals surface area contributed by atoms with Crippen molar-refractivity contribution in [2.45, 2.75) is 44.1 Å². The van der Waals surface area contributed by atoms with Crippen molar-refractivity contribution in [3.63, 3.8) is 0 Å². The van der Waals surface area contributed by atoms with Crippen molar-refractivity contribution in [1.82, 2.24) is 14.8 Å². The lowest BCUT2D eigenvalue weighted by atomic mass is 9.79. The van der Waals surface area contributed by atoms with Gasteiger partial charge in [0, 0.05) is 47.6 Å². The van der Waals surface area contributed by atoms with Crippen molar-refractivity contribution >= 4 is 46.0 Å². The van der Waals surface area contributed by atoms with E-state index in [-0.39, 0.29) is 34.7 Å². The second-order valence-corrected chi connectivity index (χ2v) is 11.1. The lowest BCUT2D eigenvalue weighted by Crippen LogP contribution is -2.63. The molecule has 0 aliphatic carbocycles. The van der Waals surface area contributed by atoms with Crippen LogP contribution in [0.5, 0.6) is 0 Å². The molecule has 4 aliphatic heterocycles. The number of thioether (sulfide) groups is 1. The minimum Gasteiger partial charge on any atom is -0.477 e. The number of carboxylic acid groups (broad SMARTS) is 1. The van der Waals surface area contributed by atoms with Crippen molar-refractivity contribution in [2.24, 2.45) is 11.8 Å². The van der Waals surface area contributed by atoms with Crippen LogP contribution in [0, 0.1) is 11.8 Å². The largest absolute Gasteiger partial charge is 0.477 e. The highest BCUT2D eigenvalue weighted by molar-refractivity contribution is 8.03. The van der Waals surface area contributed by atoms with Crippen LogP contribution in [0.25, 0.3) is 0 Å². The average Bonchev–Trinajstić information content (AvgIpc) is 3.43. The van der Waals surface area contributed by atoms with Crippen molar-refractivity contribution in [3.05, 3.63) is 21.7 Å². The van der Waals surface area contributed by atoms with E-state index in [1.54, 1.807) is 6.92 Å². The highest BCUT2D eigenvalue weighted by Crippen LogP contribution is 2.52. The summed E-state index contributed by atoms with van der Waals surface area (Å²) in [5, 5.41) is 22.5. The van der Waals surface area contributed by atoms with E-state index in [1.807, 2.05) is 17.2 Å². The Morgan fingerprint density at radius 2 is 1.97 bits per heavy atom. The molecular formula is C21H26N4O5S2. The molecule has 0 radical (unpaired) electrons. The zero-order valence-electron chi connectivity index (χ0n) is 17.9. The Morgan fingerprint density at radius 1 is 1.28 bits per heavy atom. The number of carbonyl (C=O) groups excluding carboxylic acids is 2. The van der Waals surface area contributed by atoms with Gasteiger partial charge in [-0.3, -0.25) is 9.59 Å². The van der Waals surface area contributed by atoms with Gasteiger partial charge >= 0.3 is 5.97 Å². The van der Waals surface area contributed by atoms with Gasteiger partial charge in [-0.25, -0.2) is 9.78 Å². The minimum absolute atomic E-state index is 0.00524. The van der Waals surface area contributed by atoms with Gasteiger partial charge in [-0.15, -0.1) is 23.1 Å². The Bertz CT molecular complexity index is 996. The molecule has 0 aromatic carbocycles. The van der Waals surface area contributed by atoms with Crippen LogP contribution in [0.3, 0.4) is 0 Å². The van der Waals surface area contributed by atoms with Crippen molar-refractivity contribution < 1.29 is 24.6 Å². The van der Waals surface area contributed by atoms with Gasteiger partial charge in [-0.2, -0.15) is 0 Å². The summed E-state index contributed by atoms with van der Waals surface area (Å²) in [5.41, 5.74) is 0.566. The average molecular weight is 479 g/mol. The van der Waals surface area contributed by atoms with Gasteiger partial charge in [-0.1, -0.05) is 6.92 Å². The van der Waals surface area contributed by atoms with E-state index in [0.29, 0.717) is 23.7 Å². The van der Waals surface area contributed by atoms with Crippen molar-refractivity contribution in [2.75, 3.05) is 31.1 Å². The second-order valence-electron chi connectivity index (χ2n) is 8.93. The first-order valence-electron chi connectivity index (χ1n) is 10.9. The molecular weight excluding hydrogens is 452 g/mol. The molecule has 3 fully saturated rings. The molecule has 9 nitrogen and oxygen atoms in total. The Morgan fingerprint density at radius 3 is 2.59 bits per heavy atom. The number of aliphatic hydroxyl groups excluding tert-OH is 1. The highest BCUT2D eigenvalue weighted by atomic mass is 32.2. The summed E-state index contributed by atoms with van der Waals surface area (Å²) < 4.78 is 0. The molecule has 5 rings (SSSR count). The van der Waals surface area contributed by atoms with Gasteiger partial charge in [0.25, 0.3) is 5.91 Å². The third-order valence-electron chi connectivity index (χ3n) is 6.83. The summed E-state index contributed by atoms with van der Waals surface area (Å²) >= 11 is 2.97. The van der Waals surface area contributed by atoms with E-state index in [2.05, 4.69) is 9.88 Å². The van der Waals surface area contributed by atoms with Gasteiger partial charge in [0.05, 0.1) is 18.1 Å². The predicted octanol–water partition coefficient (Wildman–Crippen LogP) is 1.45. The number of β-lactam (4-membered cyclic amide) rings is 1. The van der Waals surface area contributed by atoms with Crippen LogP contribution < -0.4 is 4.90 Å². The number of hydrogen-bond donors (Lipinski definition) is 2. The number of aromatic nitrogens is 1. The van der Waals surface area contributed by atoms with Crippen LogP contribution >= 0.6 is 23.1 Å². The van der Waals surface area contributed by atoms with Gasteiger partial charge in [0.15, 0.2) is 5.13 Å². The predicted molar refractivity (Wildman–Crippen MR) is 120 cm³/mol. The summed E-state index contributed by atoms with van der Waals surface area (Å²) in [7, 11) is 0. The fourth-order valence-corrected chi connectivity index (χ4v) is 7.46. The highest BCUT2D eigenvalue weighted by Gasteiger charge is 2.60. The molecule has 3 saturated heterocycles. The van der Waals surface area contributed by atoms with Gasteiger partial charge in [-0.05, 0) is 19.8 Å². The fourth-order valence-electron chi connectivity index (χ4n) is 5.12. The molecule has 11 heteroatoms. The van der Waals surface area contributed by atoms with Crippen LogP contribution in [-0.4, -0.2) is 86.4 Å². The molecule has 0 saturated carbocycles. The lowest BCUT2D eigenvalue weighted by Gasteiger charge is -2.46. The number of anilines is 1. The zero-order valence-corrected chi connectivity index (χ0v) is 19.6. The number of amides is 2. The Kier molecular flexibility index (Phi) is 5.45. The monoisotopic (exact) mass is 478 g/mol. The summed E-state index contributed by atoms with van der Waals surface area (Å²) in [4.78, 5) is 47.5. The number of carbonyl (C=O) groups is 3. The van der Waals surface area contributed by atoms with Gasteiger partial charge in [0.2, 0.25) is 5.91 Å². The second kappa shape index (κ2) is 8.03. The van der Waals surface area contributed by atoms with E-state index in [0.717, 1.165) is 31.1 Å². The number of aliphatic carboxylic acids is 1. The number of thiazole rings is 1. The van der Waals surface area contributed by atoms with E-state index < -0.39 is 18.0 Å². The number of rotatable bonds is 6. The van der Waals surface area contributed by atoms with E-state index >= 15 is 0 Å². The molecule has 0 unspecified atom stereocenters. The smallest absolute Gasteiger partial charge is 0.353 e. The number of carboxylic acids is 1. The Hall–Kier alpha value is -2.11. The van der Waals surface area contributed by atoms with E-state index in [9.17, 15) is 24.6 Å². The number of aliphatic hydroxyl groups is 1. The first kappa shape index (κ1) is 21.7. The third kappa shape index (κ3) is 3.32. The topological polar surface area (TPSA) is 114 Å². The molecule has 4 aliphatic rings. The first-order valence-corrected chi connectivity index (χ1v) is 12.7. The molecule has 0 bridgehead atoms. The Balaban J connectivity index is 1.24. The maximum atomic E-state index is 12.5. The van der Waals surface area contributed by atoms with E-state index in [1.165, 1.54) is 28.0 Å². The molecule has 1 aromatic heterocycles. The fraction of sp³-hybridized carbons (Fsp3) is 0.619. The summed E-state index contributed by atoms with van der Waals surface area (Å²) in [5.74, 6) is -2.08. The maximum Gasteiger partial charge on any atom is 0.353 e. The molecule has 172 valence electrons. The van der Waals surface area contributed by atoms with Crippen molar-refractivity contribution in [3.8, 4) is 0 Å². The first-order chi connectivity index (χ1) is 15.3. The number of fused-ring (bicyclic) bond motifs is 1. The molecule has 4 atom stereocenters. The minimum atomic E-state index is -1.10. The maximum absolute atomic E-state index is 12.5. The van der Waals surface area contributed by atoms with Crippen LogP contribution in [0.2, 0.25) is 0 Å². The molecule has 2 N–H and O–H groups in total. The van der Waals surface area contributed by atoms with Crippen LogP contribution in [0.15, 0.2) is 16.0 Å². The summed E-state index contributed by atoms with van der Waals surface area (Å²) in [6, 6.07) is -0.287. The van der Waals surface area contributed by atoms with Gasteiger partial charge in [0.1, 0.15) is 11.4 Å². The molecule has 2 amide bonds. The summed E-state index contributed by atoms with van der Waals surface area (Å²) in [6.07, 6.45) is 1.29.